The first kappa shape index (κ1) is 14.5. The van der Waals surface area contributed by atoms with Crippen molar-refractivity contribution in [3.8, 4) is 5.75 Å². The van der Waals surface area contributed by atoms with Gasteiger partial charge in [0.05, 0.1) is 12.3 Å². The molecule has 108 valence electrons. The highest BCUT2D eigenvalue weighted by Gasteiger charge is 2.15. The van der Waals surface area contributed by atoms with Crippen molar-refractivity contribution in [2.45, 2.75) is 36.9 Å². The third-order valence-corrected chi connectivity index (χ3v) is 3.76. The number of nitrogens with two attached hydrogens (primary N) is 1. The quantitative estimate of drug-likeness (QED) is 0.826. The lowest BCUT2D eigenvalue weighted by Gasteiger charge is -2.12. The van der Waals surface area contributed by atoms with Crippen molar-refractivity contribution in [2.24, 2.45) is 0 Å². The first-order valence-corrected chi connectivity index (χ1v) is 7.22. The maximum Gasteiger partial charge on any atom is 0.344 e. The van der Waals surface area contributed by atoms with E-state index in [-0.39, 0.29) is 11.7 Å². The van der Waals surface area contributed by atoms with E-state index in [4.69, 9.17) is 10.5 Å². The van der Waals surface area contributed by atoms with Gasteiger partial charge < -0.3 is 10.5 Å². The Kier molecular flexibility index (Phi) is 4.39. The molecule has 1 aromatic carbocycles. The zero-order chi connectivity index (χ0) is 14.7. The monoisotopic (exact) mass is 294 g/mol. The van der Waals surface area contributed by atoms with Crippen LogP contribution < -0.4 is 16.2 Å². The van der Waals surface area contributed by atoms with E-state index in [9.17, 15) is 4.79 Å². The standard InChI is InChI=1S/C13H18N4O2S/c1-4-19-9-6-5-7-10(11(9)14)20-13-16-15-12(18)17(13)8(2)3/h5-8H,4,14H2,1-3H3,(H,15,18). The zero-order valence-electron chi connectivity index (χ0n) is 11.7. The van der Waals surface area contributed by atoms with E-state index in [0.29, 0.717) is 23.2 Å². The summed E-state index contributed by atoms with van der Waals surface area (Å²) < 4.78 is 7.06. The van der Waals surface area contributed by atoms with E-state index < -0.39 is 0 Å². The number of nitrogens with zero attached hydrogens (tertiary/aromatic N) is 2. The van der Waals surface area contributed by atoms with Gasteiger partial charge in [-0.3, -0.25) is 4.57 Å². The molecule has 2 rings (SSSR count). The fourth-order valence-corrected chi connectivity index (χ4v) is 2.85. The normalized spacial score (nSPS) is 11.0. The first-order valence-electron chi connectivity index (χ1n) is 6.40. The number of aromatic nitrogens is 3. The van der Waals surface area contributed by atoms with Crippen molar-refractivity contribution in [3.05, 3.63) is 28.7 Å². The highest BCUT2D eigenvalue weighted by molar-refractivity contribution is 7.99. The number of nitrogens with one attached hydrogen (secondary N) is 1. The summed E-state index contributed by atoms with van der Waals surface area (Å²) in [7, 11) is 0. The second-order valence-corrected chi connectivity index (χ2v) is 5.49. The van der Waals surface area contributed by atoms with Gasteiger partial charge in [-0.25, -0.2) is 9.89 Å². The number of nitrogen functional groups attached to an aromatic ring is 1. The molecule has 0 fully saturated rings. The van der Waals surface area contributed by atoms with Crippen LogP contribution in [0.5, 0.6) is 5.75 Å². The van der Waals surface area contributed by atoms with E-state index in [0.717, 1.165) is 4.90 Å². The second-order valence-electron chi connectivity index (χ2n) is 4.48. The Bertz CT molecular complexity index is 648. The third kappa shape index (κ3) is 2.82. The van der Waals surface area contributed by atoms with Crippen LogP contribution >= 0.6 is 11.8 Å². The van der Waals surface area contributed by atoms with Gasteiger partial charge in [-0.05, 0) is 44.7 Å². The van der Waals surface area contributed by atoms with E-state index in [1.54, 1.807) is 4.57 Å². The maximum atomic E-state index is 11.7. The molecule has 0 radical (unpaired) electrons. The van der Waals surface area contributed by atoms with Crippen LogP contribution in [-0.4, -0.2) is 21.4 Å². The average molecular weight is 294 g/mol. The van der Waals surface area contributed by atoms with Crippen LogP contribution in [-0.2, 0) is 0 Å². The van der Waals surface area contributed by atoms with Gasteiger partial charge in [-0.1, -0.05) is 6.07 Å². The molecule has 0 aliphatic carbocycles. The van der Waals surface area contributed by atoms with Crippen molar-refractivity contribution < 1.29 is 4.74 Å². The van der Waals surface area contributed by atoms with E-state index in [1.807, 2.05) is 39.0 Å². The molecule has 0 spiro atoms. The second kappa shape index (κ2) is 6.04. The lowest BCUT2D eigenvalue weighted by atomic mass is 10.3. The van der Waals surface area contributed by atoms with Crippen molar-refractivity contribution in [1.82, 2.24) is 14.8 Å². The number of hydrogen-bond acceptors (Lipinski definition) is 5. The lowest BCUT2D eigenvalue weighted by molar-refractivity contribution is 0.341. The highest BCUT2D eigenvalue weighted by Crippen LogP contribution is 2.36. The Labute approximate surface area is 121 Å². The summed E-state index contributed by atoms with van der Waals surface area (Å²) in [6.45, 7) is 6.32. The van der Waals surface area contributed by atoms with Gasteiger partial charge in [0.25, 0.3) is 0 Å². The van der Waals surface area contributed by atoms with Crippen LogP contribution in [0.3, 0.4) is 0 Å². The number of benzene rings is 1. The molecule has 7 heteroatoms. The molecule has 0 bridgehead atoms. The highest BCUT2D eigenvalue weighted by atomic mass is 32.2. The molecule has 20 heavy (non-hydrogen) atoms. The Hall–Kier alpha value is -1.89. The summed E-state index contributed by atoms with van der Waals surface area (Å²) in [5.74, 6) is 0.645. The fraction of sp³-hybridized carbons (Fsp3) is 0.385. The van der Waals surface area contributed by atoms with E-state index in [1.165, 1.54) is 11.8 Å². The smallest absolute Gasteiger partial charge is 0.344 e. The summed E-state index contributed by atoms with van der Waals surface area (Å²) in [5, 5.41) is 7.09. The molecule has 1 heterocycles. The number of aromatic amines is 1. The Morgan fingerprint density at radius 3 is 2.90 bits per heavy atom. The minimum Gasteiger partial charge on any atom is -0.492 e. The molecular weight excluding hydrogens is 276 g/mol. The predicted molar refractivity (Wildman–Crippen MR) is 79.4 cm³/mol. The number of anilines is 1. The molecule has 0 aliphatic heterocycles. The molecule has 0 saturated heterocycles. The number of ether oxygens (including phenoxy) is 1. The Morgan fingerprint density at radius 1 is 1.50 bits per heavy atom. The molecule has 0 atom stereocenters. The van der Waals surface area contributed by atoms with E-state index >= 15 is 0 Å². The number of hydrogen-bond donors (Lipinski definition) is 2. The van der Waals surface area contributed by atoms with Gasteiger partial charge in [-0.2, -0.15) is 0 Å². The van der Waals surface area contributed by atoms with Crippen LogP contribution in [0, 0.1) is 0 Å². The first-order chi connectivity index (χ1) is 9.54. The zero-order valence-corrected chi connectivity index (χ0v) is 12.5. The van der Waals surface area contributed by atoms with E-state index in [2.05, 4.69) is 10.2 Å². The molecule has 2 aromatic rings. The van der Waals surface area contributed by atoms with Crippen molar-refractivity contribution >= 4 is 17.4 Å². The number of rotatable bonds is 5. The topological polar surface area (TPSA) is 85.9 Å². The molecule has 0 amide bonds. The van der Waals surface area contributed by atoms with Crippen molar-refractivity contribution in [1.29, 1.82) is 0 Å². The minimum absolute atomic E-state index is 0.0278. The average Bonchev–Trinajstić information content (AvgIpc) is 2.76. The van der Waals surface area contributed by atoms with Crippen LogP contribution in [0.25, 0.3) is 0 Å². The summed E-state index contributed by atoms with van der Waals surface area (Å²) in [6, 6.07) is 5.60. The van der Waals surface area contributed by atoms with Gasteiger partial charge in [0.1, 0.15) is 5.75 Å². The van der Waals surface area contributed by atoms with Crippen LogP contribution in [0.15, 0.2) is 33.0 Å². The molecule has 6 nitrogen and oxygen atoms in total. The van der Waals surface area contributed by atoms with Gasteiger partial charge in [0, 0.05) is 10.9 Å². The van der Waals surface area contributed by atoms with Crippen molar-refractivity contribution in [2.75, 3.05) is 12.3 Å². The van der Waals surface area contributed by atoms with Crippen LogP contribution in [0.1, 0.15) is 26.8 Å². The molecule has 0 aliphatic rings. The van der Waals surface area contributed by atoms with Gasteiger partial charge in [0.2, 0.25) is 0 Å². The summed E-state index contributed by atoms with van der Waals surface area (Å²) in [5.41, 5.74) is 6.42. The molecule has 1 aromatic heterocycles. The predicted octanol–water partition coefficient (Wildman–Crippen LogP) is 2.28. The number of para-hydroxylation sites is 1. The largest absolute Gasteiger partial charge is 0.492 e. The minimum atomic E-state index is -0.220. The van der Waals surface area contributed by atoms with Gasteiger partial charge in [-0.15, -0.1) is 5.10 Å². The molecular formula is C13H18N4O2S. The van der Waals surface area contributed by atoms with Gasteiger partial charge in [0.15, 0.2) is 5.16 Å². The number of H-pyrrole nitrogens is 1. The maximum absolute atomic E-state index is 11.7. The molecule has 3 N–H and O–H groups in total. The lowest BCUT2D eigenvalue weighted by Crippen LogP contribution is -2.19. The SMILES string of the molecule is CCOc1cccc(Sc2n[nH]c(=O)n2C(C)C)c1N. The third-order valence-electron chi connectivity index (χ3n) is 2.72. The summed E-state index contributed by atoms with van der Waals surface area (Å²) in [4.78, 5) is 12.5. The Morgan fingerprint density at radius 2 is 2.25 bits per heavy atom. The molecule has 0 unspecified atom stereocenters. The van der Waals surface area contributed by atoms with Gasteiger partial charge >= 0.3 is 5.69 Å². The summed E-state index contributed by atoms with van der Waals surface area (Å²) >= 11 is 1.35. The van der Waals surface area contributed by atoms with Crippen LogP contribution in [0.4, 0.5) is 5.69 Å². The molecule has 0 saturated carbocycles. The fourth-order valence-electron chi connectivity index (χ4n) is 1.81. The van der Waals surface area contributed by atoms with Crippen LogP contribution in [0.2, 0.25) is 0 Å². The van der Waals surface area contributed by atoms with Crippen molar-refractivity contribution in [3.63, 3.8) is 0 Å². The summed E-state index contributed by atoms with van der Waals surface area (Å²) in [6.07, 6.45) is 0. The Balaban J connectivity index is 2.36.